The number of rotatable bonds is 6. The van der Waals surface area contributed by atoms with Crippen LogP contribution in [0.3, 0.4) is 0 Å². The molecule has 7 nitrogen and oxygen atoms in total. The number of carbonyl (C=O) groups excluding carboxylic acids is 3. The van der Waals surface area contributed by atoms with Crippen molar-refractivity contribution in [1.82, 2.24) is 0 Å². The van der Waals surface area contributed by atoms with Crippen molar-refractivity contribution in [2.45, 2.75) is 51.4 Å². The first-order valence-electron chi connectivity index (χ1n) is 10.6. The van der Waals surface area contributed by atoms with Crippen molar-refractivity contribution >= 4 is 49.3 Å². The van der Waals surface area contributed by atoms with Gasteiger partial charge in [-0.05, 0) is 63.3 Å². The third kappa shape index (κ3) is 4.12. The van der Waals surface area contributed by atoms with E-state index in [0.29, 0.717) is 81.0 Å². The van der Waals surface area contributed by atoms with Crippen LogP contribution < -0.4 is 15.2 Å². The van der Waals surface area contributed by atoms with Crippen LogP contribution in [-0.4, -0.2) is 30.7 Å². The molecule has 9 heteroatoms. The molecule has 1 aromatic carbocycles. The number of amides is 1. The zero-order valence-electron chi connectivity index (χ0n) is 17.6. The SMILES string of the molecule is CCOc1cc(C2C3=C(CCCC3=O)OC3=C2C(=O)CCC3)c(Br)c(Br)c1OCC(N)=O. The summed E-state index contributed by atoms with van der Waals surface area (Å²) in [6.45, 7) is 1.87. The second-order valence-corrected chi connectivity index (χ2v) is 9.46. The first-order valence-corrected chi connectivity index (χ1v) is 12.2. The lowest BCUT2D eigenvalue weighted by Crippen LogP contribution is -2.30. The van der Waals surface area contributed by atoms with Crippen LogP contribution in [0, 0.1) is 0 Å². The van der Waals surface area contributed by atoms with Crippen molar-refractivity contribution in [3.63, 3.8) is 0 Å². The number of primary amides is 1. The van der Waals surface area contributed by atoms with E-state index in [1.54, 1.807) is 6.07 Å². The maximum Gasteiger partial charge on any atom is 0.255 e. The predicted octanol–water partition coefficient (Wildman–Crippen LogP) is 4.60. The van der Waals surface area contributed by atoms with Gasteiger partial charge in [-0.2, -0.15) is 0 Å². The summed E-state index contributed by atoms with van der Waals surface area (Å²) in [5, 5.41) is 0. The minimum atomic E-state index is -0.617. The highest BCUT2D eigenvalue weighted by Crippen LogP contribution is 2.53. The van der Waals surface area contributed by atoms with E-state index in [1.165, 1.54) is 0 Å². The molecule has 0 bridgehead atoms. The van der Waals surface area contributed by atoms with E-state index in [1.807, 2.05) is 6.92 Å². The highest BCUT2D eigenvalue weighted by molar-refractivity contribution is 9.13. The number of hydrogen-bond acceptors (Lipinski definition) is 6. The standard InChI is InChI=1S/C23H23Br2NO6/c1-2-30-16-9-11(21(24)22(25)23(16)31-10-17(26)29)18-19-12(27)5-3-7-14(19)32-15-8-4-6-13(28)20(15)18/h9,18H,2-8,10H2,1H3,(H2,26,29). The fourth-order valence-corrected chi connectivity index (χ4v) is 5.55. The molecular weight excluding hydrogens is 546 g/mol. The van der Waals surface area contributed by atoms with E-state index in [-0.39, 0.29) is 18.2 Å². The van der Waals surface area contributed by atoms with Crippen LogP contribution in [0.25, 0.3) is 0 Å². The largest absolute Gasteiger partial charge is 0.490 e. The Morgan fingerprint density at radius 3 is 2.16 bits per heavy atom. The lowest BCUT2D eigenvalue weighted by molar-refractivity contribution is -0.120. The molecule has 0 aromatic heterocycles. The van der Waals surface area contributed by atoms with E-state index in [0.717, 1.165) is 12.8 Å². The lowest BCUT2D eigenvalue weighted by Gasteiger charge is -2.36. The molecule has 0 spiro atoms. The quantitative estimate of drug-likeness (QED) is 0.537. The zero-order valence-corrected chi connectivity index (χ0v) is 20.8. The molecule has 1 amide bonds. The summed E-state index contributed by atoms with van der Waals surface area (Å²) < 4.78 is 18.6. The minimum absolute atomic E-state index is 0.00351. The number of ketones is 2. The number of Topliss-reactive ketones (excluding diaryl/α,β-unsaturated/α-hetero) is 2. The molecular formula is C23H23Br2NO6. The van der Waals surface area contributed by atoms with Gasteiger partial charge in [0.25, 0.3) is 5.91 Å². The van der Waals surface area contributed by atoms with Gasteiger partial charge in [-0.3, -0.25) is 14.4 Å². The minimum Gasteiger partial charge on any atom is -0.490 e. The maximum atomic E-state index is 13.0. The lowest BCUT2D eigenvalue weighted by atomic mass is 9.73. The van der Waals surface area contributed by atoms with Gasteiger partial charge < -0.3 is 19.9 Å². The third-order valence-electron chi connectivity index (χ3n) is 5.77. The van der Waals surface area contributed by atoms with Gasteiger partial charge in [-0.25, -0.2) is 0 Å². The van der Waals surface area contributed by atoms with Gasteiger partial charge in [0.2, 0.25) is 0 Å². The molecule has 0 radical (unpaired) electrons. The first-order chi connectivity index (χ1) is 15.3. The van der Waals surface area contributed by atoms with Crippen LogP contribution in [0.1, 0.15) is 56.9 Å². The van der Waals surface area contributed by atoms with Gasteiger partial charge >= 0.3 is 0 Å². The van der Waals surface area contributed by atoms with Crippen LogP contribution in [0.5, 0.6) is 11.5 Å². The second kappa shape index (κ2) is 9.39. The van der Waals surface area contributed by atoms with Crippen LogP contribution in [-0.2, 0) is 19.1 Å². The molecule has 2 aliphatic carbocycles. The number of carbonyl (C=O) groups is 3. The van der Waals surface area contributed by atoms with Crippen molar-refractivity contribution in [3.8, 4) is 11.5 Å². The number of hydrogen-bond donors (Lipinski definition) is 1. The number of benzene rings is 1. The number of ether oxygens (including phenoxy) is 3. The van der Waals surface area contributed by atoms with E-state index in [4.69, 9.17) is 19.9 Å². The summed E-state index contributed by atoms with van der Waals surface area (Å²) in [4.78, 5) is 37.3. The number of halogens is 2. The predicted molar refractivity (Wildman–Crippen MR) is 123 cm³/mol. The molecule has 0 saturated heterocycles. The Hall–Kier alpha value is -2.13. The summed E-state index contributed by atoms with van der Waals surface area (Å²) in [7, 11) is 0. The Balaban J connectivity index is 1.92. The van der Waals surface area contributed by atoms with Gasteiger partial charge in [0.1, 0.15) is 11.5 Å². The Labute approximate surface area is 202 Å². The molecule has 0 saturated carbocycles. The molecule has 3 aliphatic rings. The Morgan fingerprint density at radius 1 is 1.03 bits per heavy atom. The Bertz CT molecular complexity index is 1030. The van der Waals surface area contributed by atoms with Crippen molar-refractivity contribution < 1.29 is 28.6 Å². The maximum absolute atomic E-state index is 13.0. The smallest absolute Gasteiger partial charge is 0.255 e. The topological polar surface area (TPSA) is 105 Å². The fourth-order valence-electron chi connectivity index (χ4n) is 4.48. The molecule has 32 heavy (non-hydrogen) atoms. The van der Waals surface area contributed by atoms with Crippen LogP contribution in [0.4, 0.5) is 0 Å². The number of nitrogens with two attached hydrogens (primary N) is 1. The van der Waals surface area contributed by atoms with Gasteiger partial charge in [0, 0.05) is 47.2 Å². The monoisotopic (exact) mass is 567 g/mol. The first kappa shape index (κ1) is 23.0. The zero-order chi connectivity index (χ0) is 23.0. The molecule has 1 heterocycles. The van der Waals surface area contributed by atoms with Crippen LogP contribution in [0.2, 0.25) is 0 Å². The van der Waals surface area contributed by atoms with Crippen LogP contribution in [0.15, 0.2) is 37.7 Å². The summed E-state index contributed by atoms with van der Waals surface area (Å²) >= 11 is 7.16. The van der Waals surface area contributed by atoms with Crippen molar-refractivity contribution in [1.29, 1.82) is 0 Å². The normalized spacial score (nSPS) is 18.8. The van der Waals surface area contributed by atoms with Gasteiger partial charge in [-0.15, -0.1) is 0 Å². The molecule has 0 unspecified atom stereocenters. The molecule has 1 aliphatic heterocycles. The van der Waals surface area contributed by atoms with Gasteiger partial charge in [0.15, 0.2) is 29.7 Å². The van der Waals surface area contributed by atoms with Crippen LogP contribution >= 0.6 is 31.9 Å². The summed E-state index contributed by atoms with van der Waals surface area (Å²) in [5.74, 6) is 0.860. The molecule has 170 valence electrons. The molecule has 2 N–H and O–H groups in total. The Kier molecular flexibility index (Phi) is 6.76. The highest BCUT2D eigenvalue weighted by Gasteiger charge is 2.43. The molecule has 4 rings (SSSR count). The Morgan fingerprint density at radius 2 is 1.62 bits per heavy atom. The summed E-state index contributed by atoms with van der Waals surface area (Å²) in [5.41, 5.74) is 7.05. The molecule has 0 atom stereocenters. The number of allylic oxidation sites excluding steroid dienone is 4. The van der Waals surface area contributed by atoms with Crippen molar-refractivity contribution in [2.24, 2.45) is 5.73 Å². The van der Waals surface area contributed by atoms with E-state index < -0.39 is 11.8 Å². The van der Waals surface area contributed by atoms with Gasteiger partial charge in [-0.1, -0.05) is 0 Å². The van der Waals surface area contributed by atoms with Gasteiger partial charge in [0.05, 0.1) is 11.1 Å². The van der Waals surface area contributed by atoms with E-state index in [9.17, 15) is 14.4 Å². The van der Waals surface area contributed by atoms with E-state index in [2.05, 4.69) is 31.9 Å². The second-order valence-electron chi connectivity index (χ2n) is 7.87. The summed E-state index contributed by atoms with van der Waals surface area (Å²) in [6, 6.07) is 1.77. The average molecular weight is 569 g/mol. The van der Waals surface area contributed by atoms with Crippen molar-refractivity contribution in [2.75, 3.05) is 13.2 Å². The average Bonchev–Trinajstić information content (AvgIpc) is 2.75. The fraction of sp³-hybridized carbons (Fsp3) is 0.435. The van der Waals surface area contributed by atoms with E-state index >= 15 is 0 Å². The van der Waals surface area contributed by atoms with Crippen molar-refractivity contribution in [3.05, 3.63) is 43.2 Å². The highest BCUT2D eigenvalue weighted by atomic mass is 79.9. The third-order valence-corrected chi connectivity index (χ3v) is 7.91. The summed E-state index contributed by atoms with van der Waals surface area (Å²) in [6.07, 6.45) is 3.64. The molecule has 1 aromatic rings. The molecule has 0 fully saturated rings.